The van der Waals surface area contributed by atoms with Crippen molar-refractivity contribution in [3.63, 3.8) is 0 Å². The van der Waals surface area contributed by atoms with Crippen molar-refractivity contribution in [3.05, 3.63) is 64.9 Å². The first-order valence-corrected chi connectivity index (χ1v) is 9.14. The Morgan fingerprint density at radius 3 is 2.59 bits per heavy atom. The highest BCUT2D eigenvalue weighted by Crippen LogP contribution is 2.39. The maximum absolute atomic E-state index is 13.3. The number of anilines is 1. The van der Waals surface area contributed by atoms with Gasteiger partial charge in [-0.2, -0.15) is 13.2 Å². The zero-order valence-electron chi connectivity index (χ0n) is 14.5. The second kappa shape index (κ2) is 6.89. The molecule has 0 aliphatic carbocycles. The molecule has 10 heteroatoms. The van der Waals surface area contributed by atoms with Crippen molar-refractivity contribution in [2.45, 2.75) is 12.6 Å². The second-order valence-corrected chi connectivity index (χ2v) is 7.21. The Balaban J connectivity index is 1.66. The molecule has 2 aromatic heterocycles. The number of hydrogen-bond acceptors (Lipinski definition) is 4. The minimum absolute atomic E-state index is 0.0103. The second-order valence-electron chi connectivity index (χ2n) is 6.21. The quantitative estimate of drug-likeness (QED) is 0.512. The molecule has 4 rings (SSSR count). The number of carbonyl (C=O) groups is 2. The van der Waals surface area contributed by atoms with Crippen LogP contribution in [-0.4, -0.2) is 26.4 Å². The van der Waals surface area contributed by atoms with Gasteiger partial charge in [0, 0.05) is 0 Å². The van der Waals surface area contributed by atoms with Gasteiger partial charge < -0.3 is 10.4 Å². The smallest absolute Gasteiger partial charge is 0.433 e. The molecule has 0 aliphatic rings. The number of nitrogens with one attached hydrogen (secondary N) is 1. The largest absolute Gasteiger partial charge is 0.477 e. The number of halogens is 3. The number of imidazole rings is 1. The van der Waals surface area contributed by atoms with Gasteiger partial charge >= 0.3 is 12.1 Å². The summed E-state index contributed by atoms with van der Waals surface area (Å²) in [4.78, 5) is 26.6. The summed E-state index contributed by atoms with van der Waals surface area (Å²) in [5, 5.41) is 13.4. The van der Waals surface area contributed by atoms with Gasteiger partial charge in [-0.15, -0.1) is 11.3 Å². The monoisotopic (exact) mass is 419 g/mol. The molecule has 2 aromatic carbocycles. The normalized spacial score (nSPS) is 11.8. The third-order valence-electron chi connectivity index (χ3n) is 4.33. The van der Waals surface area contributed by atoms with E-state index in [-0.39, 0.29) is 17.1 Å². The van der Waals surface area contributed by atoms with Crippen molar-refractivity contribution >= 4 is 44.6 Å². The molecular weight excluding hydrogens is 407 g/mol. The van der Waals surface area contributed by atoms with Crippen LogP contribution in [0, 0.1) is 0 Å². The lowest BCUT2D eigenvalue weighted by Gasteiger charge is -2.06. The fourth-order valence-electron chi connectivity index (χ4n) is 3.14. The molecule has 0 radical (unpaired) electrons. The van der Waals surface area contributed by atoms with E-state index in [0.29, 0.717) is 15.7 Å². The molecule has 0 atom stereocenters. The molecule has 0 bridgehead atoms. The lowest BCUT2D eigenvalue weighted by atomic mass is 10.0. The predicted octanol–water partition coefficient (Wildman–Crippen LogP) is 4.45. The molecule has 1 amide bonds. The Bertz CT molecular complexity index is 1250. The number of benzene rings is 2. The Morgan fingerprint density at radius 2 is 1.86 bits per heavy atom. The van der Waals surface area contributed by atoms with Crippen LogP contribution < -0.4 is 5.32 Å². The van der Waals surface area contributed by atoms with Crippen LogP contribution in [0.25, 0.3) is 15.6 Å². The summed E-state index contributed by atoms with van der Waals surface area (Å²) >= 11 is 0.409. The molecule has 29 heavy (non-hydrogen) atoms. The fourth-order valence-corrected chi connectivity index (χ4v) is 4.17. The third-order valence-corrected chi connectivity index (χ3v) is 5.49. The molecule has 2 heterocycles. The number of amides is 1. The first kappa shape index (κ1) is 18.9. The summed E-state index contributed by atoms with van der Waals surface area (Å²) in [5.74, 6) is -2.28. The summed E-state index contributed by atoms with van der Waals surface area (Å²) in [6.45, 7) is 0. The van der Waals surface area contributed by atoms with Crippen LogP contribution in [0.5, 0.6) is 0 Å². The number of alkyl halides is 3. The van der Waals surface area contributed by atoms with Crippen molar-refractivity contribution in [3.8, 4) is 0 Å². The number of aromatic nitrogens is 2. The topological polar surface area (TPSA) is 83.7 Å². The molecule has 0 spiro atoms. The van der Waals surface area contributed by atoms with Gasteiger partial charge in [0.15, 0.2) is 11.5 Å². The van der Waals surface area contributed by atoms with E-state index < -0.39 is 28.6 Å². The summed E-state index contributed by atoms with van der Waals surface area (Å²) in [7, 11) is 0. The van der Waals surface area contributed by atoms with E-state index >= 15 is 0 Å². The zero-order chi connectivity index (χ0) is 20.8. The Kier molecular flexibility index (Phi) is 4.50. The van der Waals surface area contributed by atoms with Gasteiger partial charge in [0.25, 0.3) is 0 Å². The first-order valence-electron chi connectivity index (χ1n) is 8.32. The summed E-state index contributed by atoms with van der Waals surface area (Å²) in [6, 6.07) is 13.0. The highest BCUT2D eigenvalue weighted by molar-refractivity contribution is 7.20. The van der Waals surface area contributed by atoms with Gasteiger partial charge in [0.05, 0.1) is 6.42 Å². The summed E-state index contributed by atoms with van der Waals surface area (Å²) in [5.41, 5.74) is -0.573. The molecule has 0 saturated carbocycles. The van der Waals surface area contributed by atoms with Crippen LogP contribution in [0.3, 0.4) is 0 Å². The van der Waals surface area contributed by atoms with Crippen molar-refractivity contribution < 1.29 is 27.9 Å². The number of carbonyl (C=O) groups excluding carboxylic acids is 1. The average Bonchev–Trinajstić information content (AvgIpc) is 3.21. The minimum atomic E-state index is -4.88. The standard InChI is InChI=1S/C19H12F3N3O3S/c20-19(21,22)15-14(18(27)28)29-17-16(23-9-25(15)17)24-13(26)8-11-6-3-5-10-4-1-2-7-12(10)11/h1-7,9H,8H2,(H,24,26)(H,27,28). The van der Waals surface area contributed by atoms with Crippen molar-refractivity contribution in [2.24, 2.45) is 0 Å². The summed E-state index contributed by atoms with van der Waals surface area (Å²) < 4.78 is 40.5. The molecule has 0 aliphatic heterocycles. The number of hydrogen-bond donors (Lipinski definition) is 2. The highest BCUT2D eigenvalue weighted by atomic mass is 32.1. The Morgan fingerprint density at radius 1 is 1.14 bits per heavy atom. The van der Waals surface area contributed by atoms with Crippen LogP contribution >= 0.6 is 11.3 Å². The Hall–Kier alpha value is -3.40. The number of rotatable bonds is 4. The maximum atomic E-state index is 13.3. The van der Waals surface area contributed by atoms with Gasteiger partial charge in [0.1, 0.15) is 16.0 Å². The Labute approximate surface area is 165 Å². The van der Waals surface area contributed by atoms with E-state index in [9.17, 15) is 22.8 Å². The number of aromatic carboxylic acids is 1. The molecule has 2 N–H and O–H groups in total. The molecule has 4 aromatic rings. The third kappa shape index (κ3) is 3.42. The maximum Gasteiger partial charge on any atom is 0.433 e. The lowest BCUT2D eigenvalue weighted by Crippen LogP contribution is -2.15. The molecule has 0 saturated heterocycles. The highest BCUT2D eigenvalue weighted by Gasteiger charge is 2.41. The van der Waals surface area contributed by atoms with Crippen LogP contribution in [0.15, 0.2) is 48.8 Å². The van der Waals surface area contributed by atoms with Gasteiger partial charge in [-0.25, -0.2) is 9.78 Å². The number of carboxylic acids is 1. The molecule has 148 valence electrons. The van der Waals surface area contributed by atoms with E-state index in [2.05, 4.69) is 10.3 Å². The van der Waals surface area contributed by atoms with E-state index in [1.165, 1.54) is 0 Å². The molecule has 0 fully saturated rings. The number of thiazole rings is 1. The number of carboxylic acid groups (broad SMARTS) is 1. The predicted molar refractivity (Wildman–Crippen MR) is 101 cm³/mol. The molecule has 0 unspecified atom stereocenters. The van der Waals surface area contributed by atoms with E-state index in [4.69, 9.17) is 5.11 Å². The van der Waals surface area contributed by atoms with Gasteiger partial charge in [-0.3, -0.25) is 9.20 Å². The van der Waals surface area contributed by atoms with Crippen LogP contribution in [0.4, 0.5) is 19.0 Å². The lowest BCUT2D eigenvalue weighted by molar-refractivity contribution is -0.142. The van der Waals surface area contributed by atoms with Crippen LogP contribution in [0.2, 0.25) is 0 Å². The molecule has 6 nitrogen and oxygen atoms in total. The van der Waals surface area contributed by atoms with Crippen molar-refractivity contribution in [2.75, 3.05) is 5.32 Å². The average molecular weight is 419 g/mol. The first-order chi connectivity index (χ1) is 13.8. The summed E-state index contributed by atoms with van der Waals surface area (Å²) in [6.07, 6.45) is -4.03. The van der Waals surface area contributed by atoms with Crippen molar-refractivity contribution in [1.82, 2.24) is 9.38 Å². The van der Waals surface area contributed by atoms with E-state index in [0.717, 1.165) is 22.7 Å². The minimum Gasteiger partial charge on any atom is -0.477 e. The number of fused-ring (bicyclic) bond motifs is 2. The fraction of sp³-hybridized carbons (Fsp3) is 0.105. The zero-order valence-corrected chi connectivity index (χ0v) is 15.3. The molecular formula is C19H12F3N3O3S. The van der Waals surface area contributed by atoms with Gasteiger partial charge in [-0.1, -0.05) is 42.5 Å². The van der Waals surface area contributed by atoms with E-state index in [1.807, 2.05) is 36.4 Å². The van der Waals surface area contributed by atoms with Gasteiger partial charge in [-0.05, 0) is 16.3 Å². The SMILES string of the molecule is O=C(Cc1cccc2ccccc12)Nc1ncn2c(C(F)(F)F)c(C(=O)O)sc12. The van der Waals surface area contributed by atoms with Crippen molar-refractivity contribution in [1.29, 1.82) is 0 Å². The number of nitrogens with zero attached hydrogens (tertiary/aromatic N) is 2. The van der Waals surface area contributed by atoms with Crippen LogP contribution in [0.1, 0.15) is 20.9 Å². The van der Waals surface area contributed by atoms with E-state index in [1.54, 1.807) is 6.07 Å². The van der Waals surface area contributed by atoms with Crippen LogP contribution in [-0.2, 0) is 17.4 Å². The van der Waals surface area contributed by atoms with Gasteiger partial charge in [0.2, 0.25) is 5.91 Å².